The molecule has 5 nitrogen and oxygen atoms in total. The molecule has 1 aromatic heterocycles. The fourth-order valence-corrected chi connectivity index (χ4v) is 2.72. The predicted octanol–water partition coefficient (Wildman–Crippen LogP) is 3.66. The van der Waals surface area contributed by atoms with Gasteiger partial charge in [0.05, 0.1) is 18.7 Å². The predicted molar refractivity (Wildman–Crippen MR) is 102 cm³/mol. The van der Waals surface area contributed by atoms with Gasteiger partial charge in [-0.1, -0.05) is 43.3 Å². The Labute approximate surface area is 153 Å². The van der Waals surface area contributed by atoms with E-state index in [1.54, 1.807) is 0 Å². The first-order chi connectivity index (χ1) is 12.6. The maximum absolute atomic E-state index is 12.3. The van der Waals surface area contributed by atoms with Crippen LogP contribution >= 0.6 is 0 Å². The summed E-state index contributed by atoms with van der Waals surface area (Å²) in [4.78, 5) is 21.3. The van der Waals surface area contributed by atoms with Crippen molar-refractivity contribution in [1.82, 2.24) is 15.3 Å². The summed E-state index contributed by atoms with van der Waals surface area (Å²) >= 11 is 0. The molecule has 2 aromatic carbocycles. The monoisotopic (exact) mass is 349 g/mol. The standard InChI is InChI=1S/C21H23N3O2/c1-15(12-13-26-17-8-4-3-5-9-17)21(25)22-14-20-23-16(2)18-10-6-7-11-19(18)24-20/h3-11,15H,12-14H2,1-2H3,(H,22,25)/t15-/m0/s1. The summed E-state index contributed by atoms with van der Waals surface area (Å²) in [7, 11) is 0. The minimum atomic E-state index is -0.139. The van der Waals surface area contributed by atoms with E-state index in [0.29, 0.717) is 25.4 Å². The summed E-state index contributed by atoms with van der Waals surface area (Å²) in [6.45, 7) is 4.69. The second-order valence-electron chi connectivity index (χ2n) is 6.31. The molecule has 0 spiro atoms. The van der Waals surface area contributed by atoms with Crippen LogP contribution in [0.1, 0.15) is 24.9 Å². The number of aryl methyl sites for hydroxylation is 1. The molecule has 0 aliphatic heterocycles. The summed E-state index contributed by atoms with van der Waals surface area (Å²) in [6.07, 6.45) is 0.651. The van der Waals surface area contributed by atoms with Crippen LogP contribution in [0.5, 0.6) is 5.75 Å². The van der Waals surface area contributed by atoms with E-state index in [1.165, 1.54) is 0 Å². The molecule has 5 heteroatoms. The Morgan fingerprint density at radius 3 is 2.62 bits per heavy atom. The van der Waals surface area contributed by atoms with Crippen LogP contribution in [0.15, 0.2) is 54.6 Å². The van der Waals surface area contributed by atoms with Gasteiger partial charge in [0.15, 0.2) is 0 Å². The highest BCUT2D eigenvalue weighted by molar-refractivity contribution is 5.81. The van der Waals surface area contributed by atoms with Gasteiger partial charge >= 0.3 is 0 Å². The minimum Gasteiger partial charge on any atom is -0.494 e. The smallest absolute Gasteiger partial charge is 0.223 e. The quantitative estimate of drug-likeness (QED) is 0.707. The molecule has 0 aliphatic carbocycles. The van der Waals surface area contributed by atoms with Crippen LogP contribution in [0.3, 0.4) is 0 Å². The van der Waals surface area contributed by atoms with Gasteiger partial charge in [-0.25, -0.2) is 9.97 Å². The van der Waals surface area contributed by atoms with Crippen molar-refractivity contribution in [1.29, 1.82) is 0 Å². The van der Waals surface area contributed by atoms with Crippen molar-refractivity contribution in [3.8, 4) is 5.75 Å². The van der Waals surface area contributed by atoms with Crippen LogP contribution in [0.4, 0.5) is 0 Å². The Morgan fingerprint density at radius 1 is 1.08 bits per heavy atom. The summed E-state index contributed by atoms with van der Waals surface area (Å²) in [5.41, 5.74) is 1.82. The van der Waals surface area contributed by atoms with Crippen molar-refractivity contribution in [2.24, 2.45) is 5.92 Å². The minimum absolute atomic E-state index is 0.0175. The maximum atomic E-state index is 12.3. The molecule has 0 bridgehead atoms. The fourth-order valence-electron chi connectivity index (χ4n) is 2.72. The van der Waals surface area contributed by atoms with Crippen molar-refractivity contribution in [2.75, 3.05) is 6.61 Å². The molecule has 1 atom stereocenters. The Bertz CT molecular complexity index is 881. The Morgan fingerprint density at radius 2 is 1.81 bits per heavy atom. The number of rotatable bonds is 7. The zero-order valence-electron chi connectivity index (χ0n) is 15.1. The normalized spacial score (nSPS) is 11.9. The Hall–Kier alpha value is -2.95. The molecule has 3 aromatic rings. The van der Waals surface area contributed by atoms with Crippen molar-refractivity contribution < 1.29 is 9.53 Å². The van der Waals surface area contributed by atoms with Crippen molar-refractivity contribution in [2.45, 2.75) is 26.8 Å². The summed E-state index contributed by atoms with van der Waals surface area (Å²) in [5, 5.41) is 3.96. The number of para-hydroxylation sites is 2. The highest BCUT2D eigenvalue weighted by Crippen LogP contribution is 2.15. The number of aromatic nitrogens is 2. The van der Waals surface area contributed by atoms with Crippen molar-refractivity contribution >= 4 is 16.8 Å². The Balaban J connectivity index is 1.50. The van der Waals surface area contributed by atoms with Crippen LogP contribution in [0.2, 0.25) is 0 Å². The van der Waals surface area contributed by atoms with E-state index in [9.17, 15) is 4.79 Å². The van der Waals surface area contributed by atoms with E-state index in [0.717, 1.165) is 22.3 Å². The molecule has 26 heavy (non-hydrogen) atoms. The van der Waals surface area contributed by atoms with Crippen molar-refractivity contribution in [3.05, 3.63) is 66.1 Å². The van der Waals surface area contributed by atoms with Gasteiger partial charge in [-0.05, 0) is 31.5 Å². The molecular weight excluding hydrogens is 326 g/mol. The highest BCUT2D eigenvalue weighted by Gasteiger charge is 2.13. The fraction of sp³-hybridized carbons (Fsp3) is 0.286. The number of hydrogen-bond acceptors (Lipinski definition) is 4. The van der Waals surface area contributed by atoms with Crippen LogP contribution in [-0.4, -0.2) is 22.5 Å². The maximum Gasteiger partial charge on any atom is 0.223 e. The van der Waals surface area contributed by atoms with Gasteiger partial charge < -0.3 is 10.1 Å². The third-order valence-electron chi connectivity index (χ3n) is 4.27. The van der Waals surface area contributed by atoms with Crippen LogP contribution in [0, 0.1) is 12.8 Å². The first-order valence-corrected chi connectivity index (χ1v) is 8.81. The second-order valence-corrected chi connectivity index (χ2v) is 6.31. The second kappa shape index (κ2) is 8.43. The topological polar surface area (TPSA) is 64.1 Å². The van der Waals surface area contributed by atoms with Gasteiger partial charge in [-0.3, -0.25) is 4.79 Å². The number of carbonyl (C=O) groups excluding carboxylic acids is 1. The molecule has 0 saturated carbocycles. The first-order valence-electron chi connectivity index (χ1n) is 8.81. The molecule has 0 aliphatic rings. The van der Waals surface area contributed by atoms with E-state index >= 15 is 0 Å². The molecule has 0 saturated heterocycles. The van der Waals surface area contributed by atoms with Crippen LogP contribution in [-0.2, 0) is 11.3 Å². The van der Waals surface area contributed by atoms with Crippen LogP contribution < -0.4 is 10.1 Å². The van der Waals surface area contributed by atoms with E-state index in [4.69, 9.17) is 4.74 Å². The first kappa shape index (κ1) is 17.9. The molecule has 1 N–H and O–H groups in total. The molecule has 134 valence electrons. The molecule has 0 fully saturated rings. The summed E-state index contributed by atoms with van der Waals surface area (Å²) < 4.78 is 5.65. The highest BCUT2D eigenvalue weighted by atomic mass is 16.5. The molecular formula is C21H23N3O2. The third kappa shape index (κ3) is 4.57. The van der Waals surface area contributed by atoms with Gasteiger partial charge in [0.1, 0.15) is 11.6 Å². The lowest BCUT2D eigenvalue weighted by Crippen LogP contribution is -2.30. The average Bonchev–Trinajstić information content (AvgIpc) is 2.67. The van der Waals surface area contributed by atoms with Crippen molar-refractivity contribution in [3.63, 3.8) is 0 Å². The number of fused-ring (bicyclic) bond motifs is 1. The molecule has 0 unspecified atom stereocenters. The number of amides is 1. The molecule has 0 radical (unpaired) electrons. The van der Waals surface area contributed by atoms with E-state index in [2.05, 4.69) is 15.3 Å². The van der Waals surface area contributed by atoms with Gasteiger partial charge in [-0.15, -0.1) is 0 Å². The molecule has 1 heterocycles. The van der Waals surface area contributed by atoms with E-state index in [-0.39, 0.29) is 11.8 Å². The van der Waals surface area contributed by atoms with Crippen LogP contribution in [0.25, 0.3) is 10.9 Å². The van der Waals surface area contributed by atoms with Gasteiger partial charge in [0, 0.05) is 17.0 Å². The lowest BCUT2D eigenvalue weighted by atomic mass is 10.1. The number of benzene rings is 2. The Kier molecular flexibility index (Phi) is 5.79. The largest absolute Gasteiger partial charge is 0.494 e. The lowest BCUT2D eigenvalue weighted by molar-refractivity contribution is -0.125. The molecule has 3 rings (SSSR count). The number of nitrogens with one attached hydrogen (secondary N) is 1. The number of hydrogen-bond donors (Lipinski definition) is 1. The lowest BCUT2D eigenvalue weighted by Gasteiger charge is -2.13. The zero-order chi connectivity index (χ0) is 18.4. The van der Waals surface area contributed by atoms with Gasteiger partial charge in [0.2, 0.25) is 5.91 Å². The zero-order valence-corrected chi connectivity index (χ0v) is 15.1. The number of nitrogens with zero attached hydrogens (tertiary/aromatic N) is 2. The number of carbonyl (C=O) groups is 1. The SMILES string of the molecule is Cc1nc(CNC(=O)[C@@H](C)CCOc2ccccc2)nc2ccccc12. The van der Waals surface area contributed by atoms with Gasteiger partial charge in [0.25, 0.3) is 0 Å². The summed E-state index contributed by atoms with van der Waals surface area (Å²) in [5.74, 6) is 1.29. The summed E-state index contributed by atoms with van der Waals surface area (Å²) in [6, 6.07) is 17.5. The van der Waals surface area contributed by atoms with E-state index in [1.807, 2.05) is 68.4 Å². The average molecular weight is 349 g/mol. The third-order valence-corrected chi connectivity index (χ3v) is 4.27. The van der Waals surface area contributed by atoms with Gasteiger partial charge in [-0.2, -0.15) is 0 Å². The molecule has 1 amide bonds. The number of ether oxygens (including phenoxy) is 1. The van der Waals surface area contributed by atoms with E-state index < -0.39 is 0 Å².